The lowest BCUT2D eigenvalue weighted by molar-refractivity contribution is 0.269. The number of nitrogens with zero attached hydrogens (tertiary/aromatic N) is 2. The van der Waals surface area contributed by atoms with Crippen molar-refractivity contribution in [1.29, 1.82) is 0 Å². The third-order valence-electron chi connectivity index (χ3n) is 12.1. The van der Waals surface area contributed by atoms with E-state index in [1.165, 1.54) is 38.7 Å². The molecule has 0 bridgehead atoms. The molecule has 4 atom stereocenters. The van der Waals surface area contributed by atoms with Gasteiger partial charge in [-0.25, -0.2) is 0 Å². The van der Waals surface area contributed by atoms with E-state index in [1.54, 1.807) is 0 Å². The summed E-state index contributed by atoms with van der Waals surface area (Å²) in [5.41, 5.74) is 12.4. The van der Waals surface area contributed by atoms with Crippen LogP contribution in [0.15, 0.2) is 199 Å². The summed E-state index contributed by atoms with van der Waals surface area (Å²) >= 11 is 0. The van der Waals surface area contributed by atoms with Crippen molar-refractivity contribution in [3.05, 3.63) is 211 Å². The van der Waals surface area contributed by atoms with Crippen molar-refractivity contribution in [2.24, 2.45) is 0 Å². The minimum absolute atomic E-state index is 0.0471. The van der Waals surface area contributed by atoms with Crippen molar-refractivity contribution in [3.8, 4) is 5.75 Å². The molecule has 4 heteroatoms. The smallest absolute Gasteiger partial charge is 0.147 e. The van der Waals surface area contributed by atoms with Gasteiger partial charge in [-0.2, -0.15) is 0 Å². The maximum atomic E-state index is 6.66. The van der Waals surface area contributed by atoms with E-state index in [0.29, 0.717) is 0 Å². The maximum Gasteiger partial charge on any atom is 0.147 e. The van der Waals surface area contributed by atoms with E-state index < -0.39 is 0 Å². The van der Waals surface area contributed by atoms with Crippen molar-refractivity contribution < 1.29 is 9.15 Å². The second-order valence-electron chi connectivity index (χ2n) is 15.2. The molecule has 266 valence electrons. The fourth-order valence-corrected chi connectivity index (χ4v) is 9.55. The average Bonchev–Trinajstić information content (AvgIpc) is 3.93. The second kappa shape index (κ2) is 12.2. The van der Waals surface area contributed by atoms with E-state index in [-0.39, 0.29) is 24.0 Å². The second-order valence-corrected chi connectivity index (χ2v) is 15.2. The number of benzene rings is 7. The third-order valence-corrected chi connectivity index (χ3v) is 12.1. The number of ether oxygens (including phenoxy) is 1. The van der Waals surface area contributed by atoms with Gasteiger partial charge in [-0.3, -0.25) is 0 Å². The maximum absolute atomic E-state index is 6.66. The molecule has 0 radical (unpaired) electrons. The molecule has 0 spiro atoms. The highest BCUT2D eigenvalue weighted by molar-refractivity contribution is 6.07. The minimum atomic E-state index is 0.0471. The molecule has 4 nitrogen and oxygen atoms in total. The van der Waals surface area contributed by atoms with Gasteiger partial charge in [0.05, 0.1) is 17.4 Å². The standard InChI is InChI=1S/C52H36N2O2/c1-2-13-38-34(11-1)12-9-19-45(38)53(37-28-29-42-40-15-4-7-21-49(40)55-51(42)32-37)36-26-23-33(24-27-36)35-25-30-47-44(31-35)39-14-3-6-18-46(39)54(47)48-20-10-17-43-41-16-5-8-22-50(41)56-52(43)48/h1-32,41,44,47,50H. The molecule has 0 N–H and O–H groups in total. The molecular weight excluding hydrogens is 685 g/mol. The average molecular weight is 721 g/mol. The summed E-state index contributed by atoms with van der Waals surface area (Å²) in [7, 11) is 0. The zero-order chi connectivity index (χ0) is 36.7. The van der Waals surface area contributed by atoms with Gasteiger partial charge in [0, 0.05) is 56.7 Å². The van der Waals surface area contributed by atoms with Gasteiger partial charge in [0.15, 0.2) is 0 Å². The number of para-hydroxylation sites is 3. The van der Waals surface area contributed by atoms with Crippen LogP contribution in [0.4, 0.5) is 28.4 Å². The van der Waals surface area contributed by atoms with Crippen molar-refractivity contribution in [2.45, 2.75) is 24.0 Å². The predicted molar refractivity (Wildman–Crippen MR) is 230 cm³/mol. The van der Waals surface area contributed by atoms with E-state index in [2.05, 4.69) is 192 Å². The lowest BCUT2D eigenvalue weighted by Gasteiger charge is -2.31. The largest absolute Gasteiger partial charge is 0.483 e. The summed E-state index contributed by atoms with van der Waals surface area (Å²) in [4.78, 5) is 4.85. The molecule has 0 saturated carbocycles. The van der Waals surface area contributed by atoms with Crippen molar-refractivity contribution >= 4 is 66.7 Å². The SMILES string of the molecule is C1=CC2Oc3c(cccc3N3c4ccccc4C4C=C(c5ccc(N(c6ccc7c(c6)oc6ccccc67)c6cccc7ccccc67)cc5)C=CC43)C2C=C1. The Morgan fingerprint density at radius 2 is 1.27 bits per heavy atom. The molecule has 56 heavy (non-hydrogen) atoms. The number of anilines is 5. The van der Waals surface area contributed by atoms with Crippen LogP contribution in [0.1, 0.15) is 28.5 Å². The van der Waals surface area contributed by atoms with Crippen LogP contribution in [0.25, 0.3) is 38.3 Å². The van der Waals surface area contributed by atoms with Gasteiger partial charge >= 0.3 is 0 Å². The monoisotopic (exact) mass is 720 g/mol. The molecule has 2 aliphatic heterocycles. The van der Waals surface area contributed by atoms with Crippen LogP contribution >= 0.6 is 0 Å². The number of rotatable bonds is 5. The first kappa shape index (κ1) is 31.3. The van der Waals surface area contributed by atoms with Crippen LogP contribution in [0.3, 0.4) is 0 Å². The summed E-state index contributed by atoms with van der Waals surface area (Å²) in [6.07, 6.45) is 15.9. The molecule has 0 saturated heterocycles. The molecule has 4 aliphatic rings. The molecule has 7 aromatic carbocycles. The van der Waals surface area contributed by atoms with Crippen LogP contribution in [-0.2, 0) is 0 Å². The predicted octanol–water partition coefficient (Wildman–Crippen LogP) is 13.4. The lowest BCUT2D eigenvalue weighted by atomic mass is 9.86. The van der Waals surface area contributed by atoms with Crippen LogP contribution in [-0.4, -0.2) is 12.1 Å². The Balaban J connectivity index is 0.922. The Kier molecular flexibility index (Phi) is 6.85. The molecular formula is C52H36N2O2. The summed E-state index contributed by atoms with van der Waals surface area (Å²) in [6, 6.07) is 54.7. The molecule has 3 heterocycles. The molecule has 12 rings (SSSR count). The zero-order valence-corrected chi connectivity index (χ0v) is 30.5. The van der Waals surface area contributed by atoms with E-state index in [1.807, 2.05) is 12.1 Å². The Labute approximate surface area is 325 Å². The number of fused-ring (bicyclic) bond motifs is 10. The van der Waals surface area contributed by atoms with Crippen LogP contribution in [0, 0.1) is 0 Å². The summed E-state index contributed by atoms with van der Waals surface area (Å²) in [6.45, 7) is 0. The molecule has 0 amide bonds. The number of allylic oxidation sites excluding steroid dienone is 4. The Bertz CT molecular complexity index is 3000. The van der Waals surface area contributed by atoms with E-state index in [4.69, 9.17) is 9.15 Å². The number of furan rings is 1. The van der Waals surface area contributed by atoms with Gasteiger partial charge in [-0.1, -0.05) is 134 Å². The molecule has 1 aromatic heterocycles. The Morgan fingerprint density at radius 3 is 2.21 bits per heavy atom. The zero-order valence-electron chi connectivity index (χ0n) is 30.5. The normalized spacial score (nSPS) is 20.1. The summed E-state index contributed by atoms with van der Waals surface area (Å²) < 4.78 is 13.0. The highest BCUT2D eigenvalue weighted by atomic mass is 16.5. The minimum Gasteiger partial charge on any atom is -0.483 e. The fraction of sp³-hybridized carbons (Fsp3) is 0.0769. The topological polar surface area (TPSA) is 28.9 Å². The Morgan fingerprint density at radius 1 is 0.536 bits per heavy atom. The van der Waals surface area contributed by atoms with E-state index in [0.717, 1.165) is 50.4 Å². The molecule has 2 aliphatic carbocycles. The number of hydrogen-bond donors (Lipinski definition) is 0. The fourth-order valence-electron chi connectivity index (χ4n) is 9.55. The highest BCUT2D eigenvalue weighted by Gasteiger charge is 2.42. The molecule has 8 aromatic rings. The van der Waals surface area contributed by atoms with Gasteiger partial charge in [-0.15, -0.1) is 0 Å². The van der Waals surface area contributed by atoms with Crippen LogP contribution in [0.5, 0.6) is 5.75 Å². The van der Waals surface area contributed by atoms with E-state index in [9.17, 15) is 0 Å². The third kappa shape index (κ3) is 4.72. The molecule has 0 fully saturated rings. The van der Waals surface area contributed by atoms with E-state index >= 15 is 0 Å². The summed E-state index contributed by atoms with van der Waals surface area (Å²) in [5.74, 6) is 1.46. The van der Waals surface area contributed by atoms with Gasteiger partial charge in [-0.05, 0) is 76.7 Å². The van der Waals surface area contributed by atoms with Gasteiger partial charge in [0.2, 0.25) is 0 Å². The summed E-state index contributed by atoms with van der Waals surface area (Å²) in [5, 5.41) is 4.65. The van der Waals surface area contributed by atoms with Gasteiger partial charge in [0.1, 0.15) is 23.0 Å². The Hall–Kier alpha value is -7.04. The van der Waals surface area contributed by atoms with Crippen molar-refractivity contribution in [2.75, 3.05) is 9.80 Å². The first-order valence-electron chi connectivity index (χ1n) is 19.5. The highest BCUT2D eigenvalue weighted by Crippen LogP contribution is 2.54. The molecule has 4 unspecified atom stereocenters. The quantitative estimate of drug-likeness (QED) is 0.177. The van der Waals surface area contributed by atoms with Crippen molar-refractivity contribution in [3.63, 3.8) is 0 Å². The van der Waals surface area contributed by atoms with Crippen LogP contribution in [0.2, 0.25) is 0 Å². The first-order chi connectivity index (χ1) is 27.8. The number of hydrogen-bond acceptors (Lipinski definition) is 4. The van der Waals surface area contributed by atoms with Gasteiger partial charge in [0.25, 0.3) is 0 Å². The lowest BCUT2D eigenvalue weighted by Crippen LogP contribution is -2.29. The first-order valence-corrected chi connectivity index (χ1v) is 19.5. The van der Waals surface area contributed by atoms with Gasteiger partial charge < -0.3 is 19.0 Å². The van der Waals surface area contributed by atoms with Crippen LogP contribution < -0.4 is 14.5 Å². The van der Waals surface area contributed by atoms with Crippen molar-refractivity contribution in [1.82, 2.24) is 0 Å².